The highest BCUT2D eigenvalue weighted by Gasteiger charge is 2.19. The molecule has 1 atom stereocenters. The summed E-state index contributed by atoms with van der Waals surface area (Å²) in [5.41, 5.74) is 1.41. The third kappa shape index (κ3) is 4.31. The van der Waals surface area contributed by atoms with Gasteiger partial charge in [0, 0.05) is 30.7 Å². The predicted octanol–water partition coefficient (Wildman–Crippen LogP) is 2.41. The summed E-state index contributed by atoms with van der Waals surface area (Å²) in [6.07, 6.45) is 0.387. The summed E-state index contributed by atoms with van der Waals surface area (Å²) in [6, 6.07) is 9.75. The fourth-order valence-electron chi connectivity index (χ4n) is 2.49. The minimum absolute atomic E-state index is 0.00892. The van der Waals surface area contributed by atoms with Crippen molar-refractivity contribution in [3.05, 3.63) is 47.5 Å². The Kier molecular flexibility index (Phi) is 6.28. The third-order valence-electron chi connectivity index (χ3n) is 3.75. The first kappa shape index (κ1) is 17.9. The van der Waals surface area contributed by atoms with Crippen molar-refractivity contribution in [1.82, 2.24) is 0 Å². The monoisotopic (exact) mass is 334 g/mol. The largest absolute Gasteiger partial charge is 0.508 e. The van der Waals surface area contributed by atoms with Crippen LogP contribution in [-0.2, 0) is 11.2 Å². The van der Waals surface area contributed by atoms with E-state index in [1.807, 2.05) is 6.07 Å². The van der Waals surface area contributed by atoms with Crippen LogP contribution in [0.1, 0.15) is 17.0 Å². The molecular weight excluding hydrogens is 312 g/mol. The molecule has 0 aliphatic carbocycles. The molecule has 0 amide bonds. The molecule has 0 saturated carbocycles. The van der Waals surface area contributed by atoms with Gasteiger partial charge in [-0.2, -0.15) is 0 Å². The number of aromatic hydroxyl groups is 2. The number of benzene rings is 2. The molecule has 2 rings (SSSR count). The molecule has 0 aliphatic heterocycles. The molecule has 0 aromatic heterocycles. The Morgan fingerprint density at radius 1 is 1.04 bits per heavy atom. The van der Waals surface area contributed by atoms with E-state index in [4.69, 9.17) is 14.2 Å². The Morgan fingerprint density at radius 3 is 2.46 bits per heavy atom. The lowest BCUT2D eigenvalue weighted by Crippen LogP contribution is -2.11. The second-order valence-corrected chi connectivity index (χ2v) is 5.35. The Morgan fingerprint density at radius 2 is 1.83 bits per heavy atom. The van der Waals surface area contributed by atoms with Crippen molar-refractivity contribution in [1.29, 1.82) is 0 Å². The molecule has 6 nitrogen and oxygen atoms in total. The lowest BCUT2D eigenvalue weighted by atomic mass is 9.91. The first-order valence-electron chi connectivity index (χ1n) is 7.50. The van der Waals surface area contributed by atoms with Crippen LogP contribution in [0.5, 0.6) is 23.0 Å². The Balaban J connectivity index is 2.31. The number of phenols is 2. The summed E-state index contributed by atoms with van der Waals surface area (Å²) in [5, 5.41) is 29.2. The van der Waals surface area contributed by atoms with E-state index in [-0.39, 0.29) is 30.8 Å². The van der Waals surface area contributed by atoms with Crippen molar-refractivity contribution in [2.75, 3.05) is 27.6 Å². The van der Waals surface area contributed by atoms with Crippen LogP contribution in [0.3, 0.4) is 0 Å². The van der Waals surface area contributed by atoms with Gasteiger partial charge in [-0.25, -0.2) is 0 Å². The number of aliphatic hydroxyl groups is 1. The lowest BCUT2D eigenvalue weighted by Gasteiger charge is -2.20. The smallest absolute Gasteiger partial charge is 0.188 e. The van der Waals surface area contributed by atoms with Crippen LogP contribution < -0.4 is 9.47 Å². The topological polar surface area (TPSA) is 88.4 Å². The van der Waals surface area contributed by atoms with Crippen LogP contribution in [0, 0.1) is 0 Å². The van der Waals surface area contributed by atoms with Crippen molar-refractivity contribution in [2.24, 2.45) is 0 Å². The second-order valence-electron chi connectivity index (χ2n) is 5.35. The van der Waals surface area contributed by atoms with Crippen molar-refractivity contribution >= 4 is 0 Å². The number of hydrogen-bond donors (Lipinski definition) is 3. The van der Waals surface area contributed by atoms with Crippen LogP contribution in [0.4, 0.5) is 0 Å². The van der Waals surface area contributed by atoms with Gasteiger partial charge in [0.25, 0.3) is 0 Å². The molecule has 0 saturated heterocycles. The average Bonchev–Trinajstić information content (AvgIpc) is 2.59. The fourth-order valence-corrected chi connectivity index (χ4v) is 2.49. The highest BCUT2D eigenvalue weighted by molar-refractivity contribution is 5.45. The fraction of sp³-hybridized carbons (Fsp3) is 0.333. The van der Waals surface area contributed by atoms with Gasteiger partial charge in [0.1, 0.15) is 23.0 Å². The maximum atomic E-state index is 9.96. The molecular formula is C18H22O6. The zero-order valence-corrected chi connectivity index (χ0v) is 13.7. The van der Waals surface area contributed by atoms with E-state index in [0.717, 1.165) is 5.56 Å². The number of rotatable bonds is 8. The molecule has 2 aromatic rings. The van der Waals surface area contributed by atoms with E-state index >= 15 is 0 Å². The number of hydrogen-bond acceptors (Lipinski definition) is 6. The zero-order valence-electron chi connectivity index (χ0n) is 13.7. The van der Waals surface area contributed by atoms with Gasteiger partial charge in [-0.3, -0.25) is 0 Å². The SMILES string of the molecule is COCOc1cc(OC)ccc1[C@H](CO)Cc1ccc(O)cc1O. The van der Waals surface area contributed by atoms with Gasteiger partial charge in [0.15, 0.2) is 6.79 Å². The van der Waals surface area contributed by atoms with E-state index in [1.54, 1.807) is 25.3 Å². The van der Waals surface area contributed by atoms with E-state index < -0.39 is 0 Å². The summed E-state index contributed by atoms with van der Waals surface area (Å²) >= 11 is 0. The summed E-state index contributed by atoms with van der Waals surface area (Å²) in [4.78, 5) is 0. The average molecular weight is 334 g/mol. The van der Waals surface area contributed by atoms with E-state index in [2.05, 4.69) is 0 Å². The van der Waals surface area contributed by atoms with Crippen LogP contribution in [0.25, 0.3) is 0 Å². The Labute approximate surface area is 140 Å². The van der Waals surface area contributed by atoms with E-state index in [0.29, 0.717) is 23.5 Å². The quantitative estimate of drug-likeness (QED) is 0.643. The number of methoxy groups -OCH3 is 2. The number of aliphatic hydroxyl groups excluding tert-OH is 1. The van der Waals surface area contributed by atoms with E-state index in [9.17, 15) is 15.3 Å². The normalized spacial score (nSPS) is 12.0. The van der Waals surface area contributed by atoms with Gasteiger partial charge < -0.3 is 29.5 Å². The number of ether oxygens (including phenoxy) is 3. The summed E-state index contributed by atoms with van der Waals surface area (Å²) in [6.45, 7) is -0.0568. The van der Waals surface area contributed by atoms with Gasteiger partial charge in [-0.1, -0.05) is 12.1 Å². The molecule has 0 fully saturated rings. The lowest BCUT2D eigenvalue weighted by molar-refractivity contribution is 0.0497. The van der Waals surface area contributed by atoms with Gasteiger partial charge in [-0.05, 0) is 24.1 Å². The Hall–Kier alpha value is -2.44. The van der Waals surface area contributed by atoms with Crippen molar-refractivity contribution in [3.8, 4) is 23.0 Å². The van der Waals surface area contributed by atoms with Crippen LogP contribution in [0.15, 0.2) is 36.4 Å². The molecule has 0 spiro atoms. The molecule has 6 heteroatoms. The van der Waals surface area contributed by atoms with Gasteiger partial charge in [0.2, 0.25) is 0 Å². The third-order valence-corrected chi connectivity index (χ3v) is 3.75. The molecule has 0 radical (unpaired) electrons. The number of phenolic OH excluding ortho intramolecular Hbond substituents is 2. The molecule has 3 N–H and O–H groups in total. The first-order chi connectivity index (χ1) is 11.6. The highest BCUT2D eigenvalue weighted by Crippen LogP contribution is 2.34. The standard InChI is InChI=1S/C18H22O6/c1-22-11-24-18-9-15(23-2)5-6-16(18)13(10-19)7-12-3-4-14(20)8-17(12)21/h3-6,8-9,13,19-21H,7,10-11H2,1-2H3/t13-/m0/s1. The van der Waals surface area contributed by atoms with E-state index in [1.165, 1.54) is 19.2 Å². The Bertz CT molecular complexity index is 671. The molecule has 24 heavy (non-hydrogen) atoms. The molecule has 0 bridgehead atoms. The van der Waals surface area contributed by atoms with Gasteiger partial charge >= 0.3 is 0 Å². The van der Waals surface area contributed by atoms with Gasteiger partial charge in [-0.15, -0.1) is 0 Å². The zero-order chi connectivity index (χ0) is 17.5. The van der Waals surface area contributed by atoms with Crippen LogP contribution in [-0.4, -0.2) is 42.9 Å². The van der Waals surface area contributed by atoms with Crippen LogP contribution >= 0.6 is 0 Å². The first-order valence-corrected chi connectivity index (χ1v) is 7.50. The minimum Gasteiger partial charge on any atom is -0.508 e. The molecule has 0 aliphatic rings. The maximum Gasteiger partial charge on any atom is 0.188 e. The molecule has 130 valence electrons. The molecule has 2 aromatic carbocycles. The molecule has 0 heterocycles. The summed E-state index contributed by atoms with van der Waals surface area (Å²) in [5.74, 6) is 0.868. The van der Waals surface area contributed by atoms with Crippen molar-refractivity contribution < 1.29 is 29.5 Å². The van der Waals surface area contributed by atoms with Crippen molar-refractivity contribution in [2.45, 2.75) is 12.3 Å². The molecule has 0 unspecified atom stereocenters. The van der Waals surface area contributed by atoms with Gasteiger partial charge in [0.05, 0.1) is 13.7 Å². The highest BCUT2D eigenvalue weighted by atomic mass is 16.7. The summed E-state index contributed by atoms with van der Waals surface area (Å²) in [7, 11) is 3.09. The second kappa shape index (κ2) is 8.42. The van der Waals surface area contributed by atoms with Crippen LogP contribution in [0.2, 0.25) is 0 Å². The minimum atomic E-state index is -0.293. The van der Waals surface area contributed by atoms with Crippen molar-refractivity contribution in [3.63, 3.8) is 0 Å². The maximum absolute atomic E-state index is 9.96. The predicted molar refractivity (Wildman–Crippen MR) is 88.8 cm³/mol. The summed E-state index contributed by atoms with van der Waals surface area (Å²) < 4.78 is 15.7.